The minimum absolute atomic E-state index is 0. The average Bonchev–Trinajstić information content (AvgIpc) is 2.24. The van der Waals surface area contributed by atoms with E-state index < -0.39 is 9.15 Å². The maximum atomic E-state index is 10.4. The molecule has 0 atom stereocenters. The third-order valence-corrected chi connectivity index (χ3v) is 4.88. The molecule has 106 valence electrons. The first-order valence-corrected chi connectivity index (χ1v) is 9.62. The van der Waals surface area contributed by atoms with Gasteiger partial charge in [-0.1, -0.05) is 64.7 Å². The van der Waals surface area contributed by atoms with Crippen LogP contribution in [0.15, 0.2) is 0 Å². The summed E-state index contributed by atoms with van der Waals surface area (Å²) in [5, 5.41) is 0. The van der Waals surface area contributed by atoms with Crippen molar-refractivity contribution in [2.75, 3.05) is 5.75 Å². The average molecular weight is 323 g/mol. The molecule has 0 rings (SSSR count). The Labute approximate surface area is 160 Å². The van der Waals surface area contributed by atoms with E-state index in [9.17, 15) is 8.42 Å². The van der Waals surface area contributed by atoms with Gasteiger partial charge in [-0.2, -0.15) is 8.42 Å². The van der Waals surface area contributed by atoms with Gasteiger partial charge < -0.3 is 1.43 Å². The van der Waals surface area contributed by atoms with Crippen LogP contribution in [0.25, 0.3) is 0 Å². The van der Waals surface area contributed by atoms with Crippen LogP contribution in [0.5, 0.6) is 0 Å². The van der Waals surface area contributed by atoms with Crippen LogP contribution in [-0.4, -0.2) is 18.7 Å². The summed E-state index contributed by atoms with van der Waals surface area (Å²) in [7, 11) is -3.18. The first-order valence-electron chi connectivity index (χ1n) is 6.68. The van der Waals surface area contributed by atoms with Gasteiger partial charge in [0, 0.05) is 5.75 Å². The standard InChI is InChI=1S/C12H26O3S2.K.H/c1-2-3-4-5-6-7-8-9-10-11-12-16-17(13,14)15;;/h2-12H2,1H3,(H,13,14,15);;/q;+1;-1. The van der Waals surface area contributed by atoms with Crippen LogP contribution in [0, 0.1) is 0 Å². The van der Waals surface area contributed by atoms with Crippen LogP contribution in [0.4, 0.5) is 0 Å². The van der Waals surface area contributed by atoms with E-state index in [1.54, 1.807) is 0 Å². The Morgan fingerprint density at radius 1 is 0.889 bits per heavy atom. The Hall–Kier alpha value is 1.90. The quantitative estimate of drug-likeness (QED) is 0.256. The van der Waals surface area contributed by atoms with Gasteiger partial charge >= 0.3 is 60.5 Å². The smallest absolute Gasteiger partial charge is 1.00 e. The van der Waals surface area contributed by atoms with Gasteiger partial charge in [0.2, 0.25) is 0 Å². The van der Waals surface area contributed by atoms with Gasteiger partial charge in [0.25, 0.3) is 0 Å². The summed E-state index contributed by atoms with van der Waals surface area (Å²) >= 11 is 0. The first kappa shape index (κ1) is 22.2. The zero-order valence-corrected chi connectivity index (χ0v) is 16.6. The molecule has 0 spiro atoms. The molecular formula is C12H27KO3S2. The molecule has 0 amide bonds. The van der Waals surface area contributed by atoms with Crippen molar-refractivity contribution in [2.24, 2.45) is 0 Å². The molecule has 0 aliphatic carbocycles. The first-order chi connectivity index (χ1) is 8.06. The number of hydrogen-bond acceptors (Lipinski definition) is 3. The van der Waals surface area contributed by atoms with Gasteiger partial charge in [0.1, 0.15) is 0 Å². The second kappa shape index (κ2) is 15.3. The predicted octanol–water partition coefficient (Wildman–Crippen LogP) is 1.56. The monoisotopic (exact) mass is 322 g/mol. The second-order valence-electron chi connectivity index (χ2n) is 4.43. The molecule has 3 nitrogen and oxygen atoms in total. The van der Waals surface area contributed by atoms with Gasteiger partial charge in [0.15, 0.2) is 0 Å². The number of rotatable bonds is 12. The summed E-state index contributed by atoms with van der Waals surface area (Å²) < 4.78 is 29.3. The fourth-order valence-electron chi connectivity index (χ4n) is 1.75. The normalized spacial score (nSPS) is 11.2. The predicted molar refractivity (Wildman–Crippen MR) is 77.0 cm³/mol. The van der Waals surface area contributed by atoms with Gasteiger partial charge in [-0.3, -0.25) is 4.55 Å². The summed E-state index contributed by atoms with van der Waals surface area (Å²) in [6.45, 7) is 2.23. The van der Waals surface area contributed by atoms with E-state index in [4.69, 9.17) is 4.55 Å². The van der Waals surface area contributed by atoms with Crippen LogP contribution < -0.4 is 51.4 Å². The van der Waals surface area contributed by atoms with Crippen LogP contribution in [-0.2, 0) is 9.15 Å². The Bertz CT molecular complexity index is 262. The Kier molecular flexibility index (Phi) is 18.8. The number of hydrogen-bond donors (Lipinski definition) is 1. The van der Waals surface area contributed by atoms with Crippen molar-refractivity contribution >= 4 is 19.9 Å². The topological polar surface area (TPSA) is 54.4 Å². The minimum Gasteiger partial charge on any atom is -1.00 e. The molecule has 0 aliphatic rings. The molecule has 0 saturated carbocycles. The summed E-state index contributed by atoms with van der Waals surface area (Å²) in [5.41, 5.74) is 0. The molecule has 0 radical (unpaired) electrons. The van der Waals surface area contributed by atoms with E-state index in [-0.39, 0.29) is 52.8 Å². The van der Waals surface area contributed by atoms with Crippen LogP contribution in [0.1, 0.15) is 72.6 Å². The molecule has 0 fully saturated rings. The summed E-state index contributed by atoms with van der Waals surface area (Å²) in [5.74, 6) is 0.509. The van der Waals surface area contributed by atoms with Crippen molar-refractivity contribution in [2.45, 2.75) is 71.1 Å². The van der Waals surface area contributed by atoms with Gasteiger partial charge in [-0.15, -0.1) is 0 Å². The van der Waals surface area contributed by atoms with Crippen molar-refractivity contribution in [3.63, 3.8) is 0 Å². The van der Waals surface area contributed by atoms with Crippen LogP contribution >= 0.6 is 10.8 Å². The van der Waals surface area contributed by atoms with Crippen molar-refractivity contribution in [3.05, 3.63) is 0 Å². The van der Waals surface area contributed by atoms with E-state index in [1.165, 1.54) is 51.4 Å². The Balaban J connectivity index is -0.00000128. The van der Waals surface area contributed by atoms with Gasteiger partial charge in [-0.25, -0.2) is 0 Å². The van der Waals surface area contributed by atoms with Crippen molar-refractivity contribution < 1.29 is 65.8 Å². The van der Waals surface area contributed by atoms with E-state index in [2.05, 4.69) is 6.92 Å². The van der Waals surface area contributed by atoms with Gasteiger partial charge in [-0.05, 0) is 17.2 Å². The van der Waals surface area contributed by atoms with Gasteiger partial charge in [0.05, 0.1) is 0 Å². The van der Waals surface area contributed by atoms with Crippen molar-refractivity contribution in [1.82, 2.24) is 0 Å². The second-order valence-corrected chi connectivity index (χ2v) is 7.90. The molecule has 6 heteroatoms. The molecular weight excluding hydrogens is 295 g/mol. The third-order valence-electron chi connectivity index (χ3n) is 2.73. The van der Waals surface area contributed by atoms with Crippen LogP contribution in [0.3, 0.4) is 0 Å². The molecule has 0 bridgehead atoms. The number of unbranched alkanes of at least 4 members (excludes halogenated alkanes) is 9. The Morgan fingerprint density at radius 3 is 1.67 bits per heavy atom. The molecule has 18 heavy (non-hydrogen) atoms. The molecule has 0 unspecified atom stereocenters. The maximum absolute atomic E-state index is 10.4. The largest absolute Gasteiger partial charge is 1.00 e. The summed E-state index contributed by atoms with van der Waals surface area (Å²) in [4.78, 5) is 0. The fraction of sp³-hybridized carbons (Fsp3) is 1.00. The molecule has 0 saturated heterocycles. The van der Waals surface area contributed by atoms with Crippen LogP contribution in [0.2, 0.25) is 0 Å². The summed E-state index contributed by atoms with van der Waals surface area (Å²) in [6, 6.07) is 0. The fourth-order valence-corrected chi connectivity index (χ4v) is 3.27. The molecule has 1 N–H and O–H groups in total. The molecule has 0 aromatic heterocycles. The SMILES string of the molecule is CCCCCCCCCCCCSS(=O)(=O)O.[H-].[K+]. The van der Waals surface area contributed by atoms with E-state index in [0.717, 1.165) is 12.8 Å². The van der Waals surface area contributed by atoms with Crippen molar-refractivity contribution in [1.29, 1.82) is 0 Å². The molecule has 0 aliphatic heterocycles. The summed E-state index contributed by atoms with van der Waals surface area (Å²) in [6.07, 6.45) is 12.4. The zero-order valence-electron chi connectivity index (χ0n) is 12.9. The third kappa shape index (κ3) is 20.2. The molecule has 0 aromatic rings. The van der Waals surface area contributed by atoms with E-state index in [1.807, 2.05) is 0 Å². The zero-order chi connectivity index (χ0) is 13.0. The maximum Gasteiger partial charge on any atom is 1.00 e. The minimum atomic E-state index is -3.82. The van der Waals surface area contributed by atoms with E-state index >= 15 is 0 Å². The Morgan fingerprint density at radius 2 is 1.28 bits per heavy atom. The molecule has 0 aromatic carbocycles. The van der Waals surface area contributed by atoms with Crippen molar-refractivity contribution in [3.8, 4) is 0 Å². The molecule has 0 heterocycles. The van der Waals surface area contributed by atoms with E-state index in [0.29, 0.717) is 16.5 Å².